The molecule has 0 aliphatic carbocycles. The number of carboxylic acid groups (broad SMARTS) is 1. The van der Waals surface area contributed by atoms with Crippen molar-refractivity contribution in [2.45, 2.75) is 23.8 Å². The smallest absolute Gasteiger partial charge is 0.322 e. The van der Waals surface area contributed by atoms with Crippen LogP contribution >= 0.6 is 0 Å². The molecule has 2 rings (SSSR count). The van der Waals surface area contributed by atoms with E-state index in [0.717, 1.165) is 4.31 Å². The predicted molar refractivity (Wildman–Crippen MR) is 74.4 cm³/mol. The van der Waals surface area contributed by atoms with Crippen LogP contribution < -0.4 is 5.32 Å². The fourth-order valence-corrected chi connectivity index (χ4v) is 3.98. The van der Waals surface area contributed by atoms with E-state index in [4.69, 9.17) is 5.11 Å². The molecule has 1 fully saturated rings. The molecule has 1 aliphatic rings. The van der Waals surface area contributed by atoms with Crippen molar-refractivity contribution < 1.29 is 23.1 Å². The van der Waals surface area contributed by atoms with E-state index in [9.17, 15) is 18.0 Å². The Balaban J connectivity index is 2.31. The maximum Gasteiger partial charge on any atom is 0.322 e. The fraction of sp³-hybridized carbons (Fsp3) is 0.385. The van der Waals surface area contributed by atoms with Crippen molar-refractivity contribution in [3.63, 3.8) is 0 Å². The van der Waals surface area contributed by atoms with Crippen LogP contribution in [0.2, 0.25) is 0 Å². The van der Waals surface area contributed by atoms with E-state index in [2.05, 4.69) is 5.32 Å². The van der Waals surface area contributed by atoms with Crippen LogP contribution in [0.15, 0.2) is 29.2 Å². The molecule has 7 nitrogen and oxygen atoms in total. The van der Waals surface area contributed by atoms with E-state index in [1.165, 1.54) is 31.3 Å². The summed E-state index contributed by atoms with van der Waals surface area (Å²) in [6.45, 7) is 0.191. The molecule has 1 saturated heterocycles. The molecule has 0 unspecified atom stereocenters. The SMILES string of the molecule is CNC(=O)c1ccc(S(=O)(=O)N2CCC[C@@H]2C(=O)O)cc1. The quantitative estimate of drug-likeness (QED) is 0.831. The van der Waals surface area contributed by atoms with Gasteiger partial charge in [-0.25, -0.2) is 8.42 Å². The molecule has 21 heavy (non-hydrogen) atoms. The number of carbonyl (C=O) groups is 2. The predicted octanol–water partition coefficient (Wildman–Crippen LogP) is 0.284. The number of nitrogens with one attached hydrogen (secondary N) is 1. The van der Waals surface area contributed by atoms with Crippen LogP contribution in [0.3, 0.4) is 0 Å². The highest BCUT2D eigenvalue weighted by Gasteiger charge is 2.39. The molecule has 0 aromatic heterocycles. The van der Waals surface area contributed by atoms with Gasteiger partial charge in [0.15, 0.2) is 0 Å². The number of carbonyl (C=O) groups excluding carboxylic acids is 1. The first-order chi connectivity index (χ1) is 9.87. The summed E-state index contributed by atoms with van der Waals surface area (Å²) in [5.41, 5.74) is 0.340. The summed E-state index contributed by atoms with van der Waals surface area (Å²) in [4.78, 5) is 22.5. The zero-order valence-electron chi connectivity index (χ0n) is 11.4. The monoisotopic (exact) mass is 312 g/mol. The van der Waals surface area contributed by atoms with Gasteiger partial charge in [0, 0.05) is 19.2 Å². The minimum Gasteiger partial charge on any atom is -0.480 e. The third-order valence-corrected chi connectivity index (χ3v) is 5.36. The minimum absolute atomic E-state index is 0.0108. The molecule has 8 heteroatoms. The van der Waals surface area contributed by atoms with Crippen LogP contribution in [0.1, 0.15) is 23.2 Å². The van der Waals surface area contributed by atoms with E-state index in [0.29, 0.717) is 18.4 Å². The first kappa shape index (κ1) is 15.5. The van der Waals surface area contributed by atoms with E-state index >= 15 is 0 Å². The lowest BCUT2D eigenvalue weighted by atomic mass is 10.2. The van der Waals surface area contributed by atoms with Gasteiger partial charge in [-0.1, -0.05) is 0 Å². The number of hydrogen-bond donors (Lipinski definition) is 2. The molecular weight excluding hydrogens is 296 g/mol. The molecule has 1 atom stereocenters. The number of aliphatic carboxylic acids is 1. The van der Waals surface area contributed by atoms with Gasteiger partial charge in [0.2, 0.25) is 10.0 Å². The first-order valence-corrected chi connectivity index (χ1v) is 7.88. The second-order valence-electron chi connectivity index (χ2n) is 4.72. The number of nitrogens with zero attached hydrogens (tertiary/aromatic N) is 1. The van der Waals surface area contributed by atoms with Gasteiger partial charge in [-0.15, -0.1) is 0 Å². The molecule has 1 aliphatic heterocycles. The van der Waals surface area contributed by atoms with Gasteiger partial charge in [-0.3, -0.25) is 9.59 Å². The lowest BCUT2D eigenvalue weighted by Crippen LogP contribution is -2.40. The first-order valence-electron chi connectivity index (χ1n) is 6.44. The molecule has 0 bridgehead atoms. The summed E-state index contributed by atoms with van der Waals surface area (Å²) in [5.74, 6) is -1.46. The lowest BCUT2D eigenvalue weighted by molar-refractivity contribution is -0.140. The zero-order chi connectivity index (χ0) is 15.6. The number of carboxylic acids is 1. The van der Waals surface area contributed by atoms with Crippen LogP contribution in [0.25, 0.3) is 0 Å². The maximum absolute atomic E-state index is 12.5. The molecule has 1 heterocycles. The van der Waals surface area contributed by atoms with Gasteiger partial charge in [-0.2, -0.15) is 4.31 Å². The molecule has 0 radical (unpaired) electrons. The van der Waals surface area contributed by atoms with Crippen LogP contribution in [-0.2, 0) is 14.8 Å². The van der Waals surface area contributed by atoms with Gasteiger partial charge in [0.05, 0.1) is 4.90 Å². The second-order valence-corrected chi connectivity index (χ2v) is 6.61. The Morgan fingerprint density at radius 1 is 1.29 bits per heavy atom. The molecule has 0 spiro atoms. The lowest BCUT2D eigenvalue weighted by Gasteiger charge is -2.21. The van der Waals surface area contributed by atoms with Crippen LogP contribution in [0.5, 0.6) is 0 Å². The van der Waals surface area contributed by atoms with Crippen LogP contribution in [-0.4, -0.2) is 49.3 Å². The third-order valence-electron chi connectivity index (χ3n) is 3.44. The highest BCUT2D eigenvalue weighted by molar-refractivity contribution is 7.89. The van der Waals surface area contributed by atoms with Crippen LogP contribution in [0.4, 0.5) is 0 Å². The van der Waals surface area contributed by atoms with Gasteiger partial charge in [0.1, 0.15) is 6.04 Å². The molecule has 2 N–H and O–H groups in total. The maximum atomic E-state index is 12.5. The number of rotatable bonds is 4. The summed E-state index contributed by atoms with van der Waals surface area (Å²) in [6.07, 6.45) is 0.831. The Hall–Kier alpha value is -1.93. The Bertz CT molecular complexity index is 654. The largest absolute Gasteiger partial charge is 0.480 e. The average Bonchev–Trinajstić information content (AvgIpc) is 2.97. The van der Waals surface area contributed by atoms with E-state index in [-0.39, 0.29) is 17.3 Å². The standard InChI is InChI=1S/C13H16N2O5S/c1-14-12(16)9-4-6-10(7-5-9)21(19,20)15-8-2-3-11(15)13(17)18/h4-7,11H,2-3,8H2,1H3,(H,14,16)(H,17,18)/t11-/m1/s1. The van der Waals surface area contributed by atoms with Crippen molar-refractivity contribution in [2.24, 2.45) is 0 Å². The molecular formula is C13H16N2O5S. The zero-order valence-corrected chi connectivity index (χ0v) is 12.3. The van der Waals surface area contributed by atoms with Gasteiger partial charge < -0.3 is 10.4 Å². The van der Waals surface area contributed by atoms with E-state index in [1.807, 2.05) is 0 Å². The van der Waals surface area contributed by atoms with Gasteiger partial charge in [0.25, 0.3) is 5.91 Å². The number of sulfonamides is 1. The Morgan fingerprint density at radius 2 is 1.90 bits per heavy atom. The summed E-state index contributed by atoms with van der Waals surface area (Å²) in [7, 11) is -2.38. The van der Waals surface area contributed by atoms with Gasteiger partial charge >= 0.3 is 5.97 Å². The fourth-order valence-electron chi connectivity index (χ4n) is 2.33. The van der Waals surface area contributed by atoms with E-state index < -0.39 is 22.0 Å². The minimum atomic E-state index is -3.86. The summed E-state index contributed by atoms with van der Waals surface area (Å²) in [6, 6.07) is 4.41. The van der Waals surface area contributed by atoms with Crippen LogP contribution in [0, 0.1) is 0 Å². The summed E-state index contributed by atoms with van der Waals surface area (Å²) >= 11 is 0. The highest BCUT2D eigenvalue weighted by atomic mass is 32.2. The molecule has 0 saturated carbocycles. The normalized spacial score (nSPS) is 19.4. The van der Waals surface area contributed by atoms with Crippen molar-refractivity contribution in [2.75, 3.05) is 13.6 Å². The van der Waals surface area contributed by atoms with Crippen molar-refractivity contribution in [3.05, 3.63) is 29.8 Å². The van der Waals surface area contributed by atoms with Crippen molar-refractivity contribution >= 4 is 21.9 Å². The highest BCUT2D eigenvalue weighted by Crippen LogP contribution is 2.26. The Kier molecular flexibility index (Phi) is 4.29. The average molecular weight is 312 g/mol. The topological polar surface area (TPSA) is 104 Å². The number of benzene rings is 1. The van der Waals surface area contributed by atoms with Crippen molar-refractivity contribution in [3.8, 4) is 0 Å². The third kappa shape index (κ3) is 2.91. The second kappa shape index (κ2) is 5.82. The molecule has 1 aromatic rings. The van der Waals surface area contributed by atoms with E-state index in [1.54, 1.807) is 0 Å². The Morgan fingerprint density at radius 3 is 2.43 bits per heavy atom. The van der Waals surface area contributed by atoms with Gasteiger partial charge in [-0.05, 0) is 37.1 Å². The van der Waals surface area contributed by atoms with Crippen molar-refractivity contribution in [1.82, 2.24) is 9.62 Å². The molecule has 1 aromatic carbocycles. The number of hydrogen-bond acceptors (Lipinski definition) is 4. The molecule has 1 amide bonds. The Labute approximate surface area is 122 Å². The number of amides is 1. The molecule has 114 valence electrons. The summed E-state index contributed by atoms with van der Waals surface area (Å²) < 4.78 is 25.9. The summed E-state index contributed by atoms with van der Waals surface area (Å²) in [5, 5.41) is 11.5. The van der Waals surface area contributed by atoms with Crippen molar-refractivity contribution in [1.29, 1.82) is 0 Å².